The van der Waals surface area contributed by atoms with Gasteiger partial charge in [-0.2, -0.15) is 0 Å². The van der Waals surface area contributed by atoms with Crippen molar-refractivity contribution in [2.75, 3.05) is 5.32 Å². The lowest BCUT2D eigenvalue weighted by molar-refractivity contribution is 0.208. The normalized spacial score (nSPS) is 12.2. The number of aliphatic hydroxyl groups is 1. The topological polar surface area (TPSA) is 70.9 Å². The molecule has 1 aromatic carbocycles. The molecular formula is C18H14N4OS. The van der Waals surface area contributed by atoms with Crippen molar-refractivity contribution in [1.82, 2.24) is 15.0 Å². The molecule has 24 heavy (non-hydrogen) atoms. The van der Waals surface area contributed by atoms with Crippen molar-refractivity contribution >= 4 is 27.2 Å². The Hall–Kier alpha value is -2.83. The van der Waals surface area contributed by atoms with Gasteiger partial charge in [0.25, 0.3) is 0 Å². The van der Waals surface area contributed by atoms with E-state index in [2.05, 4.69) is 20.3 Å². The van der Waals surface area contributed by atoms with Crippen molar-refractivity contribution in [3.63, 3.8) is 0 Å². The van der Waals surface area contributed by atoms with Crippen LogP contribution in [0, 0.1) is 0 Å². The third-order valence-electron chi connectivity index (χ3n) is 3.60. The SMILES string of the molecule is OC(Nc1cccc(-c2nc3ccncc3s2)c1)c1cccnc1. The minimum Gasteiger partial charge on any atom is -0.369 e. The van der Waals surface area contributed by atoms with E-state index < -0.39 is 6.23 Å². The Morgan fingerprint density at radius 2 is 1.92 bits per heavy atom. The number of benzene rings is 1. The predicted octanol–water partition coefficient (Wildman–Crippen LogP) is 3.86. The summed E-state index contributed by atoms with van der Waals surface area (Å²) >= 11 is 1.60. The number of rotatable bonds is 4. The molecule has 1 unspecified atom stereocenters. The number of pyridine rings is 2. The number of hydrogen-bond donors (Lipinski definition) is 2. The molecular weight excluding hydrogens is 320 g/mol. The lowest BCUT2D eigenvalue weighted by atomic mass is 10.2. The van der Waals surface area contributed by atoms with Crippen LogP contribution in [0.15, 0.2) is 67.3 Å². The maximum absolute atomic E-state index is 10.3. The monoisotopic (exact) mass is 334 g/mol. The number of thiazole rings is 1. The van der Waals surface area contributed by atoms with Gasteiger partial charge in [-0.25, -0.2) is 4.98 Å². The fourth-order valence-electron chi connectivity index (χ4n) is 2.42. The molecule has 1 atom stereocenters. The third-order valence-corrected chi connectivity index (χ3v) is 4.66. The van der Waals surface area contributed by atoms with Crippen LogP contribution in [-0.2, 0) is 0 Å². The highest BCUT2D eigenvalue weighted by atomic mass is 32.1. The Kier molecular flexibility index (Phi) is 3.90. The zero-order valence-corrected chi connectivity index (χ0v) is 13.4. The van der Waals surface area contributed by atoms with Gasteiger partial charge < -0.3 is 10.4 Å². The number of nitrogens with one attached hydrogen (secondary N) is 1. The summed E-state index contributed by atoms with van der Waals surface area (Å²) < 4.78 is 1.06. The molecule has 3 heterocycles. The molecule has 0 radical (unpaired) electrons. The Balaban J connectivity index is 1.61. The van der Waals surface area contributed by atoms with Crippen LogP contribution in [0.25, 0.3) is 20.8 Å². The van der Waals surface area contributed by atoms with Crippen LogP contribution in [0.2, 0.25) is 0 Å². The molecule has 0 bridgehead atoms. The Bertz CT molecular complexity index is 938. The van der Waals surface area contributed by atoms with Crippen LogP contribution in [0.4, 0.5) is 5.69 Å². The number of nitrogens with zero attached hydrogens (tertiary/aromatic N) is 3. The van der Waals surface area contributed by atoms with Crippen molar-refractivity contribution in [1.29, 1.82) is 0 Å². The summed E-state index contributed by atoms with van der Waals surface area (Å²) in [5.41, 5.74) is 3.48. The number of fused-ring (bicyclic) bond motifs is 1. The fraction of sp³-hybridized carbons (Fsp3) is 0.0556. The highest BCUT2D eigenvalue weighted by Crippen LogP contribution is 2.31. The van der Waals surface area contributed by atoms with Crippen LogP contribution < -0.4 is 5.32 Å². The van der Waals surface area contributed by atoms with Crippen LogP contribution in [0.3, 0.4) is 0 Å². The molecule has 0 aliphatic carbocycles. The van der Waals surface area contributed by atoms with Crippen LogP contribution in [-0.4, -0.2) is 20.1 Å². The van der Waals surface area contributed by atoms with E-state index in [9.17, 15) is 5.11 Å². The quantitative estimate of drug-likeness (QED) is 0.555. The molecule has 0 aliphatic rings. The van der Waals surface area contributed by atoms with Crippen LogP contribution in [0.5, 0.6) is 0 Å². The summed E-state index contributed by atoms with van der Waals surface area (Å²) in [5, 5.41) is 14.3. The molecule has 0 spiro atoms. The molecule has 0 saturated heterocycles. The highest BCUT2D eigenvalue weighted by molar-refractivity contribution is 7.21. The van der Waals surface area contributed by atoms with Gasteiger partial charge in [0.2, 0.25) is 0 Å². The Labute approximate surface area is 142 Å². The zero-order valence-electron chi connectivity index (χ0n) is 12.6. The molecule has 3 aromatic heterocycles. The van der Waals surface area contributed by atoms with E-state index in [-0.39, 0.29) is 0 Å². The molecule has 118 valence electrons. The van der Waals surface area contributed by atoms with E-state index in [4.69, 9.17) is 0 Å². The average Bonchev–Trinajstić information content (AvgIpc) is 3.07. The summed E-state index contributed by atoms with van der Waals surface area (Å²) in [6, 6.07) is 13.4. The number of aliphatic hydroxyl groups excluding tert-OH is 1. The van der Waals surface area contributed by atoms with Crippen LogP contribution in [0.1, 0.15) is 11.8 Å². The van der Waals surface area contributed by atoms with Gasteiger partial charge in [-0.1, -0.05) is 18.2 Å². The largest absolute Gasteiger partial charge is 0.369 e. The van der Waals surface area contributed by atoms with Crippen LogP contribution >= 0.6 is 11.3 Å². The second-order valence-electron chi connectivity index (χ2n) is 5.28. The number of aromatic nitrogens is 3. The van der Waals surface area contributed by atoms with Crippen molar-refractivity contribution in [3.05, 3.63) is 72.8 Å². The second-order valence-corrected chi connectivity index (χ2v) is 6.31. The minimum atomic E-state index is -0.812. The lowest BCUT2D eigenvalue weighted by Crippen LogP contribution is -2.09. The lowest BCUT2D eigenvalue weighted by Gasteiger charge is -2.14. The molecule has 5 nitrogen and oxygen atoms in total. The fourth-order valence-corrected chi connectivity index (χ4v) is 3.35. The van der Waals surface area contributed by atoms with E-state index in [1.165, 1.54) is 0 Å². The van der Waals surface area contributed by atoms with Gasteiger partial charge in [0.1, 0.15) is 5.01 Å². The van der Waals surface area contributed by atoms with E-state index >= 15 is 0 Å². The van der Waals surface area contributed by atoms with Crippen molar-refractivity contribution in [2.45, 2.75) is 6.23 Å². The maximum Gasteiger partial charge on any atom is 0.152 e. The third kappa shape index (κ3) is 2.97. The molecule has 0 saturated carbocycles. The van der Waals surface area contributed by atoms with Gasteiger partial charge in [-0.15, -0.1) is 11.3 Å². The van der Waals surface area contributed by atoms with Gasteiger partial charge in [0, 0.05) is 41.6 Å². The summed E-state index contributed by atoms with van der Waals surface area (Å²) in [7, 11) is 0. The summed E-state index contributed by atoms with van der Waals surface area (Å²) in [6.07, 6.45) is 6.08. The summed E-state index contributed by atoms with van der Waals surface area (Å²) in [5.74, 6) is 0. The summed E-state index contributed by atoms with van der Waals surface area (Å²) in [4.78, 5) is 12.8. The first-order valence-electron chi connectivity index (χ1n) is 7.45. The van der Waals surface area contributed by atoms with Gasteiger partial charge in [-0.3, -0.25) is 9.97 Å². The molecule has 0 fully saturated rings. The first-order valence-corrected chi connectivity index (χ1v) is 8.27. The van der Waals surface area contributed by atoms with E-state index in [0.717, 1.165) is 26.5 Å². The zero-order chi connectivity index (χ0) is 16.4. The molecule has 4 aromatic rings. The van der Waals surface area contributed by atoms with E-state index in [0.29, 0.717) is 5.56 Å². The average molecular weight is 334 g/mol. The Morgan fingerprint density at radius 1 is 1.00 bits per heavy atom. The first-order chi connectivity index (χ1) is 11.8. The van der Waals surface area contributed by atoms with Gasteiger partial charge >= 0.3 is 0 Å². The standard InChI is InChI=1S/C18H14N4OS/c23-17(13-4-2-7-19-10-13)21-14-5-1-3-12(9-14)18-22-15-6-8-20-11-16(15)24-18/h1-11,17,21,23H. The number of anilines is 1. The smallest absolute Gasteiger partial charge is 0.152 e. The highest BCUT2D eigenvalue weighted by Gasteiger charge is 2.10. The number of hydrogen-bond acceptors (Lipinski definition) is 6. The predicted molar refractivity (Wildman–Crippen MR) is 95.7 cm³/mol. The molecule has 0 aliphatic heterocycles. The molecule has 4 rings (SSSR count). The van der Waals surface area contributed by atoms with Gasteiger partial charge in [0.05, 0.1) is 10.2 Å². The van der Waals surface area contributed by atoms with Crippen molar-refractivity contribution < 1.29 is 5.11 Å². The minimum absolute atomic E-state index is 0.717. The van der Waals surface area contributed by atoms with E-state index in [1.54, 1.807) is 36.0 Å². The maximum atomic E-state index is 10.3. The Morgan fingerprint density at radius 3 is 2.75 bits per heavy atom. The molecule has 0 amide bonds. The van der Waals surface area contributed by atoms with Gasteiger partial charge in [-0.05, 0) is 24.3 Å². The second kappa shape index (κ2) is 6.35. The van der Waals surface area contributed by atoms with E-state index in [1.807, 2.05) is 42.6 Å². The van der Waals surface area contributed by atoms with Crippen molar-refractivity contribution in [2.24, 2.45) is 0 Å². The molecule has 6 heteroatoms. The van der Waals surface area contributed by atoms with Crippen molar-refractivity contribution in [3.8, 4) is 10.6 Å². The van der Waals surface area contributed by atoms with Gasteiger partial charge in [0.15, 0.2) is 6.23 Å². The molecule has 2 N–H and O–H groups in total. The summed E-state index contributed by atoms with van der Waals surface area (Å²) in [6.45, 7) is 0. The first kappa shape index (κ1) is 14.7.